The Bertz CT molecular complexity index is 589. The molecule has 1 aliphatic heterocycles. The normalized spacial score (nSPS) is 21.0. The lowest BCUT2D eigenvalue weighted by Gasteiger charge is -2.33. The van der Waals surface area contributed by atoms with Crippen molar-refractivity contribution in [2.45, 2.75) is 38.7 Å². The van der Waals surface area contributed by atoms with Gasteiger partial charge in [0, 0.05) is 31.4 Å². The van der Waals surface area contributed by atoms with Crippen LogP contribution in [0.1, 0.15) is 47.4 Å². The van der Waals surface area contributed by atoms with Gasteiger partial charge in [-0.2, -0.15) is 0 Å². The molecule has 2 N–H and O–H groups in total. The molecule has 0 bridgehead atoms. The second-order valence-corrected chi connectivity index (χ2v) is 6.51. The van der Waals surface area contributed by atoms with Gasteiger partial charge in [-0.25, -0.2) is 4.98 Å². The second-order valence-electron chi connectivity index (χ2n) is 6.51. The fraction of sp³-hybridized carbons (Fsp3) is 0.500. The number of rotatable bonds is 4. The van der Waals surface area contributed by atoms with E-state index in [1.165, 1.54) is 17.5 Å². The number of β-amino-alcohol motifs (C(OH)–C–C–N with tert-alkyl or cyclic N) is 1. The third-order valence-electron chi connectivity index (χ3n) is 4.47. The summed E-state index contributed by atoms with van der Waals surface area (Å²) in [5, 5.41) is 10.6. The molecule has 1 fully saturated rings. The molecule has 2 atom stereocenters. The number of hydrogen-bond acceptors (Lipinski definition) is 3. The zero-order chi connectivity index (χ0) is 15.5. The van der Waals surface area contributed by atoms with E-state index in [9.17, 15) is 5.11 Å². The van der Waals surface area contributed by atoms with Gasteiger partial charge in [-0.1, -0.05) is 29.3 Å². The molecule has 4 heteroatoms. The van der Waals surface area contributed by atoms with Crippen LogP contribution < -0.4 is 0 Å². The Morgan fingerprint density at radius 2 is 2.09 bits per heavy atom. The van der Waals surface area contributed by atoms with Crippen molar-refractivity contribution in [2.24, 2.45) is 0 Å². The van der Waals surface area contributed by atoms with E-state index in [0.717, 1.165) is 30.9 Å². The van der Waals surface area contributed by atoms with Crippen molar-refractivity contribution in [3.63, 3.8) is 0 Å². The summed E-state index contributed by atoms with van der Waals surface area (Å²) < 4.78 is 0. The van der Waals surface area contributed by atoms with Gasteiger partial charge in [0.05, 0.1) is 6.10 Å². The highest BCUT2D eigenvalue weighted by atomic mass is 16.3. The van der Waals surface area contributed by atoms with E-state index in [0.29, 0.717) is 12.5 Å². The maximum atomic E-state index is 10.6. The Hall–Kier alpha value is -1.65. The van der Waals surface area contributed by atoms with E-state index in [1.54, 1.807) is 0 Å². The molecule has 0 aliphatic carbocycles. The third kappa shape index (κ3) is 3.57. The van der Waals surface area contributed by atoms with E-state index >= 15 is 0 Å². The number of likely N-dealkylation sites (tertiary alicyclic amines) is 1. The topological polar surface area (TPSA) is 52.1 Å². The Morgan fingerprint density at radius 3 is 2.77 bits per heavy atom. The average Bonchev–Trinajstić information content (AvgIpc) is 3.00. The van der Waals surface area contributed by atoms with Crippen LogP contribution >= 0.6 is 0 Å². The highest BCUT2D eigenvalue weighted by Crippen LogP contribution is 2.26. The zero-order valence-electron chi connectivity index (χ0n) is 13.4. The monoisotopic (exact) mass is 299 g/mol. The summed E-state index contributed by atoms with van der Waals surface area (Å²) in [6.07, 6.45) is 5.61. The molecular weight excluding hydrogens is 274 g/mol. The van der Waals surface area contributed by atoms with Crippen LogP contribution in [-0.4, -0.2) is 39.6 Å². The molecule has 1 aromatic heterocycles. The summed E-state index contributed by atoms with van der Waals surface area (Å²) >= 11 is 0. The minimum atomic E-state index is -0.422. The molecule has 118 valence electrons. The van der Waals surface area contributed by atoms with Gasteiger partial charge < -0.3 is 10.1 Å². The SMILES string of the molecule is Cc1cc(C)cc(C(O)CN2CCCC(c3ncc[nH]3)C2)c1. The van der Waals surface area contributed by atoms with Gasteiger partial charge in [0.25, 0.3) is 0 Å². The number of aromatic nitrogens is 2. The van der Waals surface area contributed by atoms with Gasteiger partial charge in [0.2, 0.25) is 0 Å². The minimum absolute atomic E-state index is 0.422. The first-order valence-electron chi connectivity index (χ1n) is 8.09. The fourth-order valence-corrected chi connectivity index (χ4v) is 3.50. The van der Waals surface area contributed by atoms with Crippen LogP contribution in [0, 0.1) is 13.8 Å². The molecule has 4 nitrogen and oxygen atoms in total. The molecule has 1 saturated heterocycles. The molecule has 0 amide bonds. The largest absolute Gasteiger partial charge is 0.387 e. The van der Waals surface area contributed by atoms with Crippen LogP contribution in [0.2, 0.25) is 0 Å². The number of nitrogens with one attached hydrogen (secondary N) is 1. The molecule has 0 saturated carbocycles. The Kier molecular flexibility index (Phi) is 4.60. The molecule has 0 radical (unpaired) electrons. The van der Waals surface area contributed by atoms with Gasteiger partial charge >= 0.3 is 0 Å². The van der Waals surface area contributed by atoms with Crippen molar-refractivity contribution in [1.29, 1.82) is 0 Å². The number of hydrogen-bond donors (Lipinski definition) is 2. The summed E-state index contributed by atoms with van der Waals surface area (Å²) in [4.78, 5) is 9.98. The van der Waals surface area contributed by atoms with Crippen LogP contribution in [-0.2, 0) is 0 Å². The summed E-state index contributed by atoms with van der Waals surface area (Å²) in [6, 6.07) is 6.32. The first-order valence-corrected chi connectivity index (χ1v) is 8.09. The van der Waals surface area contributed by atoms with Crippen molar-refractivity contribution in [3.8, 4) is 0 Å². The standard InChI is InChI=1S/C18H25N3O/c1-13-8-14(2)10-16(9-13)17(22)12-21-7-3-4-15(11-21)18-19-5-6-20-18/h5-6,8-10,15,17,22H,3-4,7,11-12H2,1-2H3,(H,19,20). The number of nitrogens with zero attached hydrogens (tertiary/aromatic N) is 2. The molecule has 22 heavy (non-hydrogen) atoms. The van der Waals surface area contributed by atoms with Crippen LogP contribution in [0.4, 0.5) is 0 Å². The first-order chi connectivity index (χ1) is 10.6. The molecule has 2 aromatic rings. The molecule has 2 heterocycles. The van der Waals surface area contributed by atoms with Crippen LogP contribution in [0.15, 0.2) is 30.6 Å². The summed E-state index contributed by atoms with van der Waals surface area (Å²) in [6.45, 7) is 6.88. The lowest BCUT2D eigenvalue weighted by Crippen LogP contribution is -2.37. The van der Waals surface area contributed by atoms with Gasteiger partial charge in [0.1, 0.15) is 5.82 Å². The molecule has 2 unspecified atom stereocenters. The van der Waals surface area contributed by atoms with E-state index in [-0.39, 0.29) is 0 Å². The smallest absolute Gasteiger partial charge is 0.110 e. The number of piperidine rings is 1. The summed E-state index contributed by atoms with van der Waals surface area (Å²) in [5.41, 5.74) is 3.44. The number of H-pyrrole nitrogens is 1. The van der Waals surface area contributed by atoms with Crippen molar-refractivity contribution in [2.75, 3.05) is 19.6 Å². The van der Waals surface area contributed by atoms with Crippen LogP contribution in [0.5, 0.6) is 0 Å². The fourth-order valence-electron chi connectivity index (χ4n) is 3.50. The van der Waals surface area contributed by atoms with E-state index < -0.39 is 6.10 Å². The maximum Gasteiger partial charge on any atom is 0.110 e. The van der Waals surface area contributed by atoms with Gasteiger partial charge in [-0.3, -0.25) is 4.90 Å². The number of aliphatic hydroxyl groups excluding tert-OH is 1. The third-order valence-corrected chi connectivity index (χ3v) is 4.47. The zero-order valence-corrected chi connectivity index (χ0v) is 13.4. The molecule has 3 rings (SSSR count). The van der Waals surface area contributed by atoms with Gasteiger partial charge in [0.15, 0.2) is 0 Å². The van der Waals surface area contributed by atoms with Crippen molar-refractivity contribution < 1.29 is 5.11 Å². The van der Waals surface area contributed by atoms with Crippen LogP contribution in [0.3, 0.4) is 0 Å². The highest BCUT2D eigenvalue weighted by molar-refractivity contribution is 5.30. The van der Waals surface area contributed by atoms with Crippen molar-refractivity contribution >= 4 is 0 Å². The van der Waals surface area contributed by atoms with Crippen molar-refractivity contribution in [3.05, 3.63) is 53.1 Å². The lowest BCUT2D eigenvalue weighted by molar-refractivity contribution is 0.0945. The van der Waals surface area contributed by atoms with E-state index in [1.807, 2.05) is 12.4 Å². The lowest BCUT2D eigenvalue weighted by atomic mass is 9.96. The Balaban J connectivity index is 1.64. The number of aromatic amines is 1. The average molecular weight is 299 g/mol. The van der Waals surface area contributed by atoms with Gasteiger partial charge in [-0.15, -0.1) is 0 Å². The van der Waals surface area contributed by atoms with Crippen molar-refractivity contribution in [1.82, 2.24) is 14.9 Å². The number of aliphatic hydroxyl groups is 1. The number of benzene rings is 1. The highest BCUT2D eigenvalue weighted by Gasteiger charge is 2.24. The first kappa shape index (κ1) is 15.3. The minimum Gasteiger partial charge on any atom is -0.387 e. The Labute approximate surface area is 132 Å². The number of imidazole rings is 1. The molecular formula is C18H25N3O. The predicted molar refractivity (Wildman–Crippen MR) is 87.9 cm³/mol. The molecule has 1 aromatic carbocycles. The van der Waals surface area contributed by atoms with Crippen LogP contribution in [0.25, 0.3) is 0 Å². The summed E-state index contributed by atoms with van der Waals surface area (Å²) in [7, 11) is 0. The van der Waals surface area contributed by atoms with E-state index in [4.69, 9.17) is 0 Å². The predicted octanol–water partition coefficient (Wildman–Crippen LogP) is 2.94. The maximum absolute atomic E-state index is 10.6. The van der Waals surface area contributed by atoms with E-state index in [2.05, 4.69) is 46.9 Å². The van der Waals surface area contributed by atoms with Gasteiger partial charge in [-0.05, 0) is 38.8 Å². The second kappa shape index (κ2) is 6.63. The molecule has 1 aliphatic rings. The quantitative estimate of drug-likeness (QED) is 0.912. The Morgan fingerprint density at radius 1 is 1.32 bits per heavy atom. The molecule has 0 spiro atoms. The number of aryl methyl sites for hydroxylation is 2. The summed E-state index contributed by atoms with van der Waals surface area (Å²) in [5.74, 6) is 1.53.